The smallest absolute Gasteiger partial charge is 0.254 e. The van der Waals surface area contributed by atoms with Crippen LogP contribution in [0.5, 0.6) is 5.75 Å². The van der Waals surface area contributed by atoms with E-state index in [1.165, 1.54) is 49.4 Å². The van der Waals surface area contributed by atoms with Gasteiger partial charge in [0, 0.05) is 18.7 Å². The Morgan fingerprint density at radius 1 is 1.23 bits per heavy atom. The van der Waals surface area contributed by atoms with Gasteiger partial charge in [-0.05, 0) is 49.9 Å². The maximum Gasteiger partial charge on any atom is 0.254 e. The monoisotopic (exact) mass is 380 g/mol. The van der Waals surface area contributed by atoms with Crippen LogP contribution in [0.15, 0.2) is 47.4 Å². The molecule has 8 heteroatoms. The molecule has 0 saturated heterocycles. The van der Waals surface area contributed by atoms with Gasteiger partial charge in [0.1, 0.15) is 16.5 Å². The van der Waals surface area contributed by atoms with Crippen LogP contribution in [0.1, 0.15) is 22.8 Å². The molecule has 0 aliphatic carbocycles. The van der Waals surface area contributed by atoms with Crippen molar-refractivity contribution in [3.63, 3.8) is 0 Å². The number of rotatable bonds is 7. The Bertz CT molecular complexity index is 900. The first-order chi connectivity index (χ1) is 12.3. The van der Waals surface area contributed by atoms with E-state index in [0.29, 0.717) is 12.1 Å². The van der Waals surface area contributed by atoms with Gasteiger partial charge in [-0.25, -0.2) is 17.5 Å². The summed E-state index contributed by atoms with van der Waals surface area (Å²) in [6.45, 7) is 2.40. The fourth-order valence-electron chi connectivity index (χ4n) is 2.50. The Morgan fingerprint density at radius 2 is 1.96 bits per heavy atom. The lowest BCUT2D eigenvalue weighted by Gasteiger charge is -2.22. The molecular weight excluding hydrogens is 359 g/mol. The van der Waals surface area contributed by atoms with Crippen molar-refractivity contribution in [2.75, 3.05) is 20.7 Å². The molecule has 0 radical (unpaired) electrons. The molecule has 0 atom stereocenters. The van der Waals surface area contributed by atoms with Crippen LogP contribution in [-0.4, -0.2) is 39.9 Å². The molecule has 0 bridgehead atoms. The quantitative estimate of drug-likeness (QED) is 0.800. The maximum atomic E-state index is 13.4. The molecule has 0 aliphatic heterocycles. The van der Waals surface area contributed by atoms with Crippen molar-refractivity contribution in [3.05, 3.63) is 59.4 Å². The number of carbonyl (C=O) groups excluding carboxylic acids is 1. The van der Waals surface area contributed by atoms with Gasteiger partial charge in [-0.2, -0.15) is 0 Å². The number of amides is 1. The highest BCUT2D eigenvalue weighted by atomic mass is 32.2. The average Bonchev–Trinajstić information content (AvgIpc) is 2.65. The van der Waals surface area contributed by atoms with Gasteiger partial charge in [0.25, 0.3) is 5.91 Å². The van der Waals surface area contributed by atoms with Crippen LogP contribution in [0, 0.1) is 5.82 Å². The number of nitrogens with one attached hydrogen (secondary N) is 1. The van der Waals surface area contributed by atoms with Crippen LogP contribution >= 0.6 is 0 Å². The summed E-state index contributed by atoms with van der Waals surface area (Å²) in [5.41, 5.74) is 0.856. The van der Waals surface area contributed by atoms with Crippen molar-refractivity contribution in [2.45, 2.75) is 18.4 Å². The summed E-state index contributed by atoms with van der Waals surface area (Å²) in [6, 6.07) is 10.2. The highest BCUT2D eigenvalue weighted by molar-refractivity contribution is 7.89. The molecule has 0 unspecified atom stereocenters. The average molecular weight is 380 g/mol. The first-order valence-electron chi connectivity index (χ1n) is 7.97. The van der Waals surface area contributed by atoms with Gasteiger partial charge in [0.2, 0.25) is 10.0 Å². The SMILES string of the molecule is CCN(Cc1cccc(F)c1)C(=O)c1ccc(OC)c(S(=O)(=O)NC)c1. The van der Waals surface area contributed by atoms with Gasteiger partial charge < -0.3 is 9.64 Å². The molecule has 1 N–H and O–H groups in total. The summed E-state index contributed by atoms with van der Waals surface area (Å²) >= 11 is 0. The Labute approximate surface area is 152 Å². The van der Waals surface area contributed by atoms with E-state index in [1.54, 1.807) is 19.1 Å². The molecule has 140 valence electrons. The summed E-state index contributed by atoms with van der Waals surface area (Å²) < 4.78 is 45.0. The van der Waals surface area contributed by atoms with Crippen molar-refractivity contribution in [1.82, 2.24) is 9.62 Å². The molecule has 0 fully saturated rings. The van der Waals surface area contributed by atoms with Gasteiger partial charge in [0.05, 0.1) is 7.11 Å². The summed E-state index contributed by atoms with van der Waals surface area (Å²) in [4.78, 5) is 14.2. The summed E-state index contributed by atoms with van der Waals surface area (Å²) in [7, 11) is -1.15. The molecular formula is C18H21FN2O4S. The highest BCUT2D eigenvalue weighted by Crippen LogP contribution is 2.25. The second-order valence-electron chi connectivity index (χ2n) is 5.52. The lowest BCUT2D eigenvalue weighted by molar-refractivity contribution is 0.0752. The third kappa shape index (κ3) is 4.39. The van der Waals surface area contributed by atoms with Gasteiger partial charge >= 0.3 is 0 Å². The van der Waals surface area contributed by atoms with Gasteiger partial charge in [-0.15, -0.1) is 0 Å². The molecule has 1 amide bonds. The van der Waals surface area contributed by atoms with Gasteiger partial charge in [0.15, 0.2) is 0 Å². The molecule has 2 aromatic rings. The molecule has 0 heterocycles. The van der Waals surface area contributed by atoms with Crippen LogP contribution < -0.4 is 9.46 Å². The van der Waals surface area contributed by atoms with Gasteiger partial charge in [-0.3, -0.25) is 4.79 Å². The molecule has 0 aliphatic rings. The number of methoxy groups -OCH3 is 1. The molecule has 0 aromatic heterocycles. The van der Waals surface area contributed by atoms with E-state index in [-0.39, 0.29) is 34.5 Å². The topological polar surface area (TPSA) is 75.7 Å². The predicted octanol–water partition coefficient (Wildman–Crippen LogP) is 2.40. The third-order valence-electron chi connectivity index (χ3n) is 3.90. The zero-order valence-electron chi connectivity index (χ0n) is 14.8. The predicted molar refractivity (Wildman–Crippen MR) is 96.1 cm³/mol. The number of carbonyl (C=O) groups is 1. The second-order valence-corrected chi connectivity index (χ2v) is 7.38. The summed E-state index contributed by atoms with van der Waals surface area (Å²) in [6.07, 6.45) is 0. The summed E-state index contributed by atoms with van der Waals surface area (Å²) in [5, 5.41) is 0. The summed E-state index contributed by atoms with van der Waals surface area (Å²) in [5.74, 6) is -0.589. The zero-order valence-corrected chi connectivity index (χ0v) is 15.6. The van der Waals surface area contributed by atoms with Crippen LogP contribution in [0.3, 0.4) is 0 Å². The number of halogens is 1. The van der Waals surface area contributed by atoms with Crippen molar-refractivity contribution in [2.24, 2.45) is 0 Å². The van der Waals surface area contributed by atoms with Crippen molar-refractivity contribution in [1.29, 1.82) is 0 Å². The van der Waals surface area contributed by atoms with Crippen LogP contribution in [0.2, 0.25) is 0 Å². The fraction of sp³-hybridized carbons (Fsp3) is 0.278. The highest BCUT2D eigenvalue weighted by Gasteiger charge is 2.22. The zero-order chi connectivity index (χ0) is 19.3. The van der Waals surface area contributed by atoms with E-state index in [9.17, 15) is 17.6 Å². The Balaban J connectivity index is 2.36. The number of nitrogens with zero attached hydrogens (tertiary/aromatic N) is 1. The number of hydrogen-bond acceptors (Lipinski definition) is 4. The lowest BCUT2D eigenvalue weighted by atomic mass is 10.1. The van der Waals surface area contributed by atoms with Crippen LogP contribution in [0.25, 0.3) is 0 Å². The third-order valence-corrected chi connectivity index (χ3v) is 5.34. The molecule has 2 aromatic carbocycles. The number of benzene rings is 2. The van der Waals surface area contributed by atoms with E-state index in [2.05, 4.69) is 4.72 Å². The van der Waals surface area contributed by atoms with Crippen molar-refractivity contribution >= 4 is 15.9 Å². The second kappa shape index (κ2) is 8.29. The molecule has 26 heavy (non-hydrogen) atoms. The van der Waals surface area contributed by atoms with E-state index in [4.69, 9.17) is 4.74 Å². The van der Waals surface area contributed by atoms with Crippen LogP contribution in [0.4, 0.5) is 4.39 Å². The van der Waals surface area contributed by atoms with E-state index < -0.39 is 10.0 Å². The Kier molecular flexibility index (Phi) is 6.33. The fourth-order valence-corrected chi connectivity index (χ4v) is 3.41. The Hall–Kier alpha value is -2.45. The van der Waals surface area contributed by atoms with Crippen molar-refractivity contribution < 1.29 is 22.3 Å². The Morgan fingerprint density at radius 3 is 2.54 bits per heavy atom. The first-order valence-corrected chi connectivity index (χ1v) is 9.46. The van der Waals surface area contributed by atoms with Crippen molar-refractivity contribution in [3.8, 4) is 5.75 Å². The first kappa shape index (κ1) is 19.9. The largest absolute Gasteiger partial charge is 0.495 e. The minimum absolute atomic E-state index is 0.116. The normalized spacial score (nSPS) is 11.2. The lowest BCUT2D eigenvalue weighted by Crippen LogP contribution is -2.30. The number of hydrogen-bond donors (Lipinski definition) is 1. The molecule has 0 spiro atoms. The minimum Gasteiger partial charge on any atom is -0.495 e. The molecule has 0 saturated carbocycles. The minimum atomic E-state index is -3.79. The number of sulfonamides is 1. The van der Waals surface area contributed by atoms with E-state index in [1.807, 2.05) is 0 Å². The van der Waals surface area contributed by atoms with E-state index >= 15 is 0 Å². The standard InChI is InChI=1S/C18H21FN2O4S/c1-4-21(12-13-6-5-7-15(19)10-13)18(22)14-8-9-16(25-3)17(11-14)26(23,24)20-2/h5-11,20H,4,12H2,1-3H3. The molecule has 6 nitrogen and oxygen atoms in total. The molecule has 2 rings (SSSR count). The maximum absolute atomic E-state index is 13.4. The van der Waals surface area contributed by atoms with E-state index in [0.717, 1.165) is 0 Å². The number of ether oxygens (including phenoxy) is 1. The van der Waals surface area contributed by atoms with Gasteiger partial charge in [-0.1, -0.05) is 12.1 Å². The van der Waals surface area contributed by atoms with Crippen LogP contribution in [-0.2, 0) is 16.6 Å².